The highest BCUT2D eigenvalue weighted by atomic mass is 31.2. The van der Waals surface area contributed by atoms with Gasteiger partial charge in [0.2, 0.25) is 11.9 Å². The number of halogens is 2. The Bertz CT molecular complexity index is 1580. The molecule has 3 aromatic carbocycles. The molecule has 6 heteroatoms. The molecule has 2 fully saturated rings. The maximum absolute atomic E-state index is 15.5. The Labute approximate surface area is 215 Å². The van der Waals surface area contributed by atoms with E-state index in [4.69, 9.17) is 0 Å². The van der Waals surface area contributed by atoms with Crippen LogP contribution in [-0.2, 0) is 4.57 Å². The molecule has 0 spiro atoms. The van der Waals surface area contributed by atoms with Crippen LogP contribution in [0.15, 0.2) is 108 Å². The summed E-state index contributed by atoms with van der Waals surface area (Å²) in [5.74, 6) is 0. The van der Waals surface area contributed by atoms with E-state index in [1.54, 1.807) is 0 Å². The van der Waals surface area contributed by atoms with Gasteiger partial charge in [-0.25, -0.2) is 13.4 Å². The monoisotopic (exact) mass is 511 g/mol. The number of hydrogen-bond donors (Lipinski definition) is 0. The Hall–Kier alpha value is -3.56. The van der Waals surface area contributed by atoms with Gasteiger partial charge in [-0.15, -0.1) is 0 Å². The summed E-state index contributed by atoms with van der Waals surface area (Å²) in [6, 6.07) is 25.9. The molecule has 1 atom stereocenters. The largest absolute Gasteiger partial charge is 0.366 e. The molecular weight excluding hydrogens is 485 g/mol. The molecular formula is C31H26F2N2OP+. The summed E-state index contributed by atoms with van der Waals surface area (Å²) in [4.78, 5) is 2.00. The van der Waals surface area contributed by atoms with E-state index in [2.05, 4.69) is 12.1 Å². The van der Waals surface area contributed by atoms with E-state index < -0.39 is 19.5 Å². The quantitative estimate of drug-likeness (QED) is 0.355. The summed E-state index contributed by atoms with van der Waals surface area (Å²) >= 11 is 0. The fourth-order valence-electron chi connectivity index (χ4n) is 5.76. The lowest BCUT2D eigenvalue weighted by molar-refractivity contribution is -0.599. The minimum atomic E-state index is -3.30. The third-order valence-electron chi connectivity index (χ3n) is 7.77. The summed E-state index contributed by atoms with van der Waals surface area (Å²) < 4.78 is 45.0. The lowest BCUT2D eigenvalue weighted by Gasteiger charge is -2.38. The second kappa shape index (κ2) is 8.49. The number of nitrogens with zero attached hydrogens (tertiary/aromatic N) is 2. The maximum atomic E-state index is 15.5. The Morgan fingerprint density at radius 1 is 0.838 bits per heavy atom. The van der Waals surface area contributed by atoms with Crippen molar-refractivity contribution in [2.75, 3.05) is 31.1 Å². The van der Waals surface area contributed by atoms with Crippen molar-refractivity contribution < 1.29 is 17.9 Å². The van der Waals surface area contributed by atoms with E-state index in [0.717, 1.165) is 49.6 Å². The van der Waals surface area contributed by atoms with Crippen LogP contribution < -0.4 is 15.5 Å². The summed E-state index contributed by atoms with van der Waals surface area (Å²) in [5, 5.41) is 2.31. The molecule has 0 radical (unpaired) electrons. The molecule has 4 aliphatic rings. The summed E-state index contributed by atoms with van der Waals surface area (Å²) in [7, 11) is -3.30. The van der Waals surface area contributed by atoms with Gasteiger partial charge in [-0.1, -0.05) is 66.7 Å². The summed E-state index contributed by atoms with van der Waals surface area (Å²) in [6.45, 7) is 1.40. The number of allylic oxidation sites excluding steroid dienone is 5. The molecule has 3 nitrogen and oxygen atoms in total. The van der Waals surface area contributed by atoms with E-state index in [0.29, 0.717) is 26.2 Å². The van der Waals surface area contributed by atoms with Gasteiger partial charge in [0.25, 0.3) is 0 Å². The fraction of sp³-hybridized carbons (Fsp3) is 0.194. The summed E-state index contributed by atoms with van der Waals surface area (Å²) in [5.41, 5.74) is 5.73. The van der Waals surface area contributed by atoms with Gasteiger partial charge in [-0.05, 0) is 40.5 Å². The van der Waals surface area contributed by atoms with Crippen molar-refractivity contribution in [1.29, 1.82) is 0 Å². The van der Waals surface area contributed by atoms with Crippen LogP contribution >= 0.6 is 7.14 Å². The van der Waals surface area contributed by atoms with Crippen LogP contribution in [-0.4, -0.2) is 48.8 Å². The number of benzene rings is 3. The van der Waals surface area contributed by atoms with Gasteiger partial charge in [0, 0.05) is 33.8 Å². The SMILES string of the molecule is O=P1(c2ccccc2)C2=CC(=[N+]3CC(F)C3)C=CC2=C(c2ccccc2)c2ccc(N3CC(F)C3)cc21. The molecule has 0 amide bonds. The molecule has 0 aromatic heterocycles. The van der Waals surface area contributed by atoms with Crippen molar-refractivity contribution in [3.05, 3.63) is 119 Å². The van der Waals surface area contributed by atoms with Gasteiger partial charge in [0.1, 0.15) is 6.17 Å². The zero-order valence-corrected chi connectivity index (χ0v) is 21.1. The smallest absolute Gasteiger partial charge is 0.216 e. The first-order valence-corrected chi connectivity index (χ1v) is 14.4. The van der Waals surface area contributed by atoms with Crippen LogP contribution in [0.25, 0.3) is 5.57 Å². The average Bonchev–Trinajstić information content (AvgIpc) is 2.90. The molecule has 37 heavy (non-hydrogen) atoms. The summed E-state index contributed by atoms with van der Waals surface area (Å²) in [6.07, 6.45) is 4.41. The second-order valence-corrected chi connectivity index (χ2v) is 12.8. The van der Waals surface area contributed by atoms with Crippen molar-refractivity contribution >= 4 is 34.7 Å². The fourth-order valence-corrected chi connectivity index (χ4v) is 8.84. The lowest BCUT2D eigenvalue weighted by Crippen LogP contribution is -2.48. The first-order valence-electron chi connectivity index (χ1n) is 12.7. The highest BCUT2D eigenvalue weighted by Gasteiger charge is 2.44. The normalized spacial score (nSPS) is 24.8. The molecule has 3 aliphatic heterocycles. The van der Waals surface area contributed by atoms with Crippen LogP contribution in [0, 0.1) is 0 Å². The molecule has 0 bridgehead atoms. The predicted octanol–water partition coefficient (Wildman–Crippen LogP) is 5.23. The van der Waals surface area contributed by atoms with Crippen molar-refractivity contribution in [3.63, 3.8) is 0 Å². The molecule has 184 valence electrons. The lowest BCUT2D eigenvalue weighted by atomic mass is 9.89. The van der Waals surface area contributed by atoms with E-state index in [9.17, 15) is 8.78 Å². The Kier molecular flexibility index (Phi) is 5.19. The van der Waals surface area contributed by atoms with Gasteiger partial charge in [-0.3, -0.25) is 0 Å². The number of hydrogen-bond acceptors (Lipinski definition) is 2. The molecule has 0 saturated carbocycles. The molecule has 3 aromatic rings. The molecule has 3 heterocycles. The zero-order chi connectivity index (χ0) is 25.1. The molecule has 7 rings (SSSR count). The van der Waals surface area contributed by atoms with Crippen LogP contribution in [0.4, 0.5) is 14.5 Å². The van der Waals surface area contributed by atoms with Gasteiger partial charge in [-0.2, -0.15) is 0 Å². The number of anilines is 1. The zero-order valence-electron chi connectivity index (χ0n) is 20.2. The highest BCUT2D eigenvalue weighted by Crippen LogP contribution is 2.61. The van der Waals surface area contributed by atoms with E-state index in [1.165, 1.54) is 0 Å². The second-order valence-electron chi connectivity index (χ2n) is 10.1. The van der Waals surface area contributed by atoms with Crippen LogP contribution in [0.2, 0.25) is 0 Å². The minimum absolute atomic E-state index is 0.351. The Morgan fingerprint density at radius 3 is 2.22 bits per heavy atom. The van der Waals surface area contributed by atoms with Crippen molar-refractivity contribution in [1.82, 2.24) is 0 Å². The number of fused-ring (bicyclic) bond motifs is 2. The predicted molar refractivity (Wildman–Crippen MR) is 146 cm³/mol. The number of rotatable bonds is 3. The standard InChI is InChI=1S/C31H26F2N2OP/c32-22-17-34(18-22)24-11-13-27-29(15-24)37(36,26-9-5-2-6-10-26)30-16-25(35-19-23(33)20-35)12-14-28(30)31(27)21-7-3-1-4-8-21/h1-16,22-23H,17-20H2/q+1. The molecule has 1 unspecified atom stereocenters. The van der Waals surface area contributed by atoms with Crippen molar-refractivity contribution in [2.45, 2.75) is 12.3 Å². The van der Waals surface area contributed by atoms with E-state index in [1.807, 2.05) is 94.4 Å². The van der Waals surface area contributed by atoms with Gasteiger partial charge >= 0.3 is 0 Å². The van der Waals surface area contributed by atoms with E-state index >= 15 is 4.57 Å². The first kappa shape index (κ1) is 22.6. The average molecular weight is 512 g/mol. The third kappa shape index (κ3) is 3.52. The molecule has 2 saturated heterocycles. The minimum Gasteiger partial charge on any atom is -0.366 e. The first-order chi connectivity index (χ1) is 18.0. The maximum Gasteiger partial charge on any atom is 0.216 e. The topological polar surface area (TPSA) is 23.3 Å². The Morgan fingerprint density at radius 2 is 1.54 bits per heavy atom. The van der Waals surface area contributed by atoms with Gasteiger partial charge < -0.3 is 9.46 Å². The van der Waals surface area contributed by atoms with Crippen LogP contribution in [0.3, 0.4) is 0 Å². The molecule has 0 N–H and O–H groups in total. The highest BCUT2D eigenvalue weighted by molar-refractivity contribution is 7.83. The van der Waals surface area contributed by atoms with Gasteiger partial charge in [0.05, 0.1) is 13.1 Å². The van der Waals surface area contributed by atoms with Crippen molar-refractivity contribution in [2.24, 2.45) is 0 Å². The van der Waals surface area contributed by atoms with Crippen LogP contribution in [0.1, 0.15) is 11.1 Å². The molecule has 1 aliphatic carbocycles. The number of alkyl halides is 2. The van der Waals surface area contributed by atoms with Gasteiger partial charge in [0.15, 0.2) is 20.2 Å². The third-order valence-corrected chi connectivity index (χ3v) is 10.9. The van der Waals surface area contributed by atoms with Crippen LogP contribution in [0.5, 0.6) is 0 Å². The van der Waals surface area contributed by atoms with E-state index in [-0.39, 0.29) is 0 Å². The van der Waals surface area contributed by atoms with Crippen molar-refractivity contribution in [3.8, 4) is 0 Å². The Balaban J connectivity index is 1.53.